The van der Waals surface area contributed by atoms with Crippen LogP contribution in [0.4, 0.5) is 0 Å². The lowest BCUT2D eigenvalue weighted by Crippen LogP contribution is -2.00. The molecule has 2 nitrogen and oxygen atoms in total. The topological polar surface area (TPSA) is 34.1 Å². The van der Waals surface area contributed by atoms with Crippen molar-refractivity contribution < 1.29 is 9.59 Å². The highest BCUT2D eigenvalue weighted by atomic mass is 16.1. The second kappa shape index (κ2) is 8.26. The molecule has 16 heavy (non-hydrogen) atoms. The maximum absolute atomic E-state index is 11.3. The van der Waals surface area contributed by atoms with Gasteiger partial charge in [0.25, 0.3) is 0 Å². The van der Waals surface area contributed by atoms with Gasteiger partial charge >= 0.3 is 0 Å². The van der Waals surface area contributed by atoms with E-state index in [0.29, 0.717) is 12.2 Å². The standard InChI is InChI=1S/C14H22O2/c15-12-6-5-9-13-7-1-3-10-14(16)11-4-2-8-13/h9,12H,1-8,10-11H2. The van der Waals surface area contributed by atoms with Crippen molar-refractivity contribution in [3.05, 3.63) is 11.6 Å². The van der Waals surface area contributed by atoms with Crippen molar-refractivity contribution in [2.24, 2.45) is 0 Å². The zero-order valence-corrected chi connectivity index (χ0v) is 10.0. The molecule has 90 valence electrons. The molecule has 0 aromatic rings. The van der Waals surface area contributed by atoms with Crippen LogP contribution in [0.25, 0.3) is 0 Å². The average molecular weight is 222 g/mol. The largest absolute Gasteiger partial charge is 0.303 e. The number of hydrogen-bond donors (Lipinski definition) is 0. The van der Waals surface area contributed by atoms with Crippen LogP contribution in [0.1, 0.15) is 64.2 Å². The van der Waals surface area contributed by atoms with Gasteiger partial charge in [0.05, 0.1) is 0 Å². The number of allylic oxidation sites excluding steroid dienone is 2. The fourth-order valence-electron chi connectivity index (χ4n) is 2.16. The molecule has 0 radical (unpaired) electrons. The quantitative estimate of drug-likeness (QED) is 0.415. The van der Waals surface area contributed by atoms with E-state index in [-0.39, 0.29) is 0 Å². The van der Waals surface area contributed by atoms with Gasteiger partial charge in [-0.3, -0.25) is 4.79 Å². The number of unbranched alkanes of at least 4 members (excludes halogenated alkanes) is 1. The Morgan fingerprint density at radius 1 is 0.875 bits per heavy atom. The van der Waals surface area contributed by atoms with Gasteiger partial charge in [-0.2, -0.15) is 0 Å². The third kappa shape index (κ3) is 5.84. The number of Topliss-reactive ketones (excluding diaryl/α,β-unsaturated/α-hetero) is 1. The van der Waals surface area contributed by atoms with Crippen molar-refractivity contribution in [2.45, 2.75) is 64.2 Å². The number of carbonyl (C=O) groups is 2. The highest BCUT2D eigenvalue weighted by Crippen LogP contribution is 2.20. The van der Waals surface area contributed by atoms with Gasteiger partial charge in [-0.25, -0.2) is 0 Å². The molecule has 1 fully saturated rings. The predicted octanol–water partition coefficient (Wildman–Crippen LogP) is 3.60. The lowest BCUT2D eigenvalue weighted by atomic mass is 9.95. The van der Waals surface area contributed by atoms with Gasteiger partial charge in [0.1, 0.15) is 12.1 Å². The van der Waals surface area contributed by atoms with Crippen molar-refractivity contribution in [3.63, 3.8) is 0 Å². The molecular formula is C14H22O2. The van der Waals surface area contributed by atoms with Gasteiger partial charge in [0.15, 0.2) is 0 Å². The van der Waals surface area contributed by atoms with E-state index in [1.54, 1.807) is 0 Å². The van der Waals surface area contributed by atoms with Crippen molar-refractivity contribution >= 4 is 12.1 Å². The van der Waals surface area contributed by atoms with Crippen LogP contribution in [0.5, 0.6) is 0 Å². The monoisotopic (exact) mass is 222 g/mol. The molecule has 2 heteroatoms. The van der Waals surface area contributed by atoms with Gasteiger partial charge in [0.2, 0.25) is 0 Å². The predicted molar refractivity (Wildman–Crippen MR) is 65.3 cm³/mol. The molecule has 0 spiro atoms. The van der Waals surface area contributed by atoms with Gasteiger partial charge in [0, 0.05) is 19.3 Å². The second-order valence-electron chi connectivity index (χ2n) is 4.56. The van der Waals surface area contributed by atoms with Crippen LogP contribution in [0.3, 0.4) is 0 Å². The van der Waals surface area contributed by atoms with Crippen LogP contribution >= 0.6 is 0 Å². The summed E-state index contributed by atoms with van der Waals surface area (Å²) in [5.74, 6) is 0.438. The smallest absolute Gasteiger partial charge is 0.132 e. The highest BCUT2D eigenvalue weighted by Gasteiger charge is 2.06. The van der Waals surface area contributed by atoms with E-state index in [1.807, 2.05) is 0 Å². The third-order valence-electron chi connectivity index (χ3n) is 3.12. The Hall–Kier alpha value is -0.920. The van der Waals surface area contributed by atoms with E-state index < -0.39 is 0 Å². The molecule has 0 saturated heterocycles. The fraction of sp³-hybridized carbons (Fsp3) is 0.714. The number of rotatable bonds is 3. The lowest BCUT2D eigenvalue weighted by molar-refractivity contribution is -0.119. The van der Waals surface area contributed by atoms with Crippen molar-refractivity contribution in [1.82, 2.24) is 0 Å². The van der Waals surface area contributed by atoms with Crippen molar-refractivity contribution in [3.8, 4) is 0 Å². The van der Waals surface area contributed by atoms with E-state index in [1.165, 1.54) is 5.57 Å². The maximum atomic E-state index is 11.3. The summed E-state index contributed by atoms with van der Waals surface area (Å²) in [6, 6.07) is 0. The van der Waals surface area contributed by atoms with E-state index in [0.717, 1.165) is 64.1 Å². The van der Waals surface area contributed by atoms with Crippen LogP contribution < -0.4 is 0 Å². The molecule has 1 saturated carbocycles. The minimum Gasteiger partial charge on any atom is -0.303 e. The van der Waals surface area contributed by atoms with Crippen LogP contribution in [-0.4, -0.2) is 12.1 Å². The molecule has 0 aliphatic heterocycles. The zero-order chi connectivity index (χ0) is 11.6. The molecule has 0 atom stereocenters. The molecule has 0 aromatic carbocycles. The minimum atomic E-state index is 0.438. The van der Waals surface area contributed by atoms with E-state index in [9.17, 15) is 9.59 Å². The molecule has 0 N–H and O–H groups in total. The number of hydrogen-bond acceptors (Lipinski definition) is 2. The Morgan fingerprint density at radius 3 is 2.00 bits per heavy atom. The molecule has 0 bridgehead atoms. The second-order valence-corrected chi connectivity index (χ2v) is 4.56. The summed E-state index contributed by atoms with van der Waals surface area (Å²) in [5, 5.41) is 0. The molecule has 1 aliphatic carbocycles. The zero-order valence-electron chi connectivity index (χ0n) is 10.0. The first kappa shape index (κ1) is 13.1. The summed E-state index contributed by atoms with van der Waals surface area (Å²) in [6.07, 6.45) is 12.8. The molecule has 0 amide bonds. The van der Waals surface area contributed by atoms with E-state index in [2.05, 4.69) is 6.08 Å². The summed E-state index contributed by atoms with van der Waals surface area (Å²) < 4.78 is 0. The number of aldehydes is 1. The van der Waals surface area contributed by atoms with E-state index in [4.69, 9.17) is 0 Å². The van der Waals surface area contributed by atoms with E-state index >= 15 is 0 Å². The van der Waals surface area contributed by atoms with Crippen molar-refractivity contribution in [1.29, 1.82) is 0 Å². The molecule has 0 heterocycles. The fourth-order valence-corrected chi connectivity index (χ4v) is 2.16. The summed E-state index contributed by atoms with van der Waals surface area (Å²) >= 11 is 0. The Bertz CT molecular complexity index is 237. The first-order valence-electron chi connectivity index (χ1n) is 6.46. The molecule has 1 aliphatic rings. The average Bonchev–Trinajstić information content (AvgIpc) is 2.29. The Kier molecular flexibility index (Phi) is 6.78. The third-order valence-corrected chi connectivity index (χ3v) is 3.12. The number of ketones is 1. The lowest BCUT2D eigenvalue weighted by Gasteiger charge is -2.10. The SMILES string of the molecule is O=CCCC=C1CCCCC(=O)CCCC1. The Labute approximate surface area is 98.1 Å². The van der Waals surface area contributed by atoms with Crippen LogP contribution in [-0.2, 0) is 9.59 Å². The van der Waals surface area contributed by atoms with Gasteiger partial charge in [-0.15, -0.1) is 0 Å². The summed E-state index contributed by atoms with van der Waals surface area (Å²) in [5.41, 5.74) is 1.50. The van der Waals surface area contributed by atoms with Gasteiger partial charge in [-0.1, -0.05) is 11.6 Å². The molecule has 1 rings (SSSR count). The van der Waals surface area contributed by atoms with Gasteiger partial charge in [-0.05, 0) is 44.9 Å². The summed E-state index contributed by atoms with van der Waals surface area (Å²) in [4.78, 5) is 21.6. The van der Waals surface area contributed by atoms with Gasteiger partial charge < -0.3 is 4.79 Å². The summed E-state index contributed by atoms with van der Waals surface area (Å²) in [6.45, 7) is 0. The molecular weight excluding hydrogens is 200 g/mol. The molecule has 0 unspecified atom stereocenters. The Balaban J connectivity index is 2.36. The highest BCUT2D eigenvalue weighted by molar-refractivity contribution is 5.78. The van der Waals surface area contributed by atoms with Crippen LogP contribution in [0, 0.1) is 0 Å². The first-order chi connectivity index (χ1) is 7.83. The maximum Gasteiger partial charge on any atom is 0.132 e. The van der Waals surface area contributed by atoms with Crippen molar-refractivity contribution in [2.75, 3.05) is 0 Å². The number of carbonyl (C=O) groups excluding carboxylic acids is 2. The Morgan fingerprint density at radius 2 is 1.44 bits per heavy atom. The normalized spacial score (nSPS) is 19.2. The van der Waals surface area contributed by atoms with Crippen LogP contribution in [0.15, 0.2) is 11.6 Å². The summed E-state index contributed by atoms with van der Waals surface area (Å²) in [7, 11) is 0. The van der Waals surface area contributed by atoms with Crippen LogP contribution in [0.2, 0.25) is 0 Å². The minimum absolute atomic E-state index is 0.438. The molecule has 0 aromatic heterocycles. The first-order valence-corrected chi connectivity index (χ1v) is 6.46.